The van der Waals surface area contributed by atoms with Crippen molar-refractivity contribution in [2.45, 2.75) is 111 Å². The second-order valence-electron chi connectivity index (χ2n) is 20.3. The molecular formula is C68H70Co2N6O2. The molecule has 0 spiro atoms. The molecule has 0 saturated carbocycles. The van der Waals surface area contributed by atoms with E-state index in [1.807, 2.05) is 88.4 Å². The molecular weight excluding hydrogens is 1050 g/mol. The fourth-order valence-electron chi connectivity index (χ4n) is 10.0. The van der Waals surface area contributed by atoms with E-state index < -0.39 is 11.5 Å². The number of pyridine rings is 2. The quantitative estimate of drug-likeness (QED) is 0.111. The van der Waals surface area contributed by atoms with Crippen LogP contribution in [0.2, 0.25) is 0 Å². The van der Waals surface area contributed by atoms with Crippen LogP contribution in [0.3, 0.4) is 0 Å². The third-order valence-corrected chi connectivity index (χ3v) is 13.5. The van der Waals surface area contributed by atoms with Crippen LogP contribution in [0.1, 0.15) is 117 Å². The molecule has 0 fully saturated rings. The summed E-state index contributed by atoms with van der Waals surface area (Å²) in [6.07, 6.45) is 0. The van der Waals surface area contributed by atoms with Gasteiger partial charge in [0, 0.05) is 0 Å². The zero-order valence-corrected chi connectivity index (χ0v) is 50.0. The molecule has 0 N–H and O–H groups in total. The Balaban J connectivity index is 0.000000222. The number of benzene rings is 7. The number of aromatic nitrogens is 2. The number of aliphatic imine (C=N–C) groups is 4. The molecule has 9 aromatic rings. The molecule has 0 saturated heterocycles. The molecule has 9 rings (SSSR count). The van der Waals surface area contributed by atoms with E-state index in [0.717, 1.165) is 79.1 Å². The number of nitrogens with zero attached hydrogens (tertiary/aromatic N) is 6. The summed E-state index contributed by atoms with van der Waals surface area (Å²) in [7, 11) is 0. The van der Waals surface area contributed by atoms with Gasteiger partial charge in [0.1, 0.15) is 0 Å². The second-order valence-corrected chi connectivity index (χ2v) is 20.3. The van der Waals surface area contributed by atoms with Crippen molar-refractivity contribution in [3.05, 3.63) is 223 Å². The monoisotopic (exact) mass is 1120 g/mol. The van der Waals surface area contributed by atoms with Crippen molar-refractivity contribution < 1.29 is 43.8 Å². The topological polar surface area (TPSA) is 121 Å². The molecule has 10 heteroatoms. The van der Waals surface area contributed by atoms with Crippen LogP contribution in [-0.2, 0) is 33.6 Å². The summed E-state index contributed by atoms with van der Waals surface area (Å²) < 4.78 is 0. The fourth-order valence-corrected chi connectivity index (χ4v) is 10.0. The molecule has 0 aliphatic heterocycles. The predicted molar refractivity (Wildman–Crippen MR) is 319 cm³/mol. The largest absolute Gasteiger partial charge is 1.00 e. The molecule has 0 atom stereocenters. The normalized spacial score (nSPS) is 11.8. The van der Waals surface area contributed by atoms with E-state index in [2.05, 4.69) is 132 Å². The first-order chi connectivity index (χ1) is 36.1. The summed E-state index contributed by atoms with van der Waals surface area (Å²) in [6.45, 7) is 33.4. The van der Waals surface area contributed by atoms with E-state index >= 15 is 0 Å². The van der Waals surface area contributed by atoms with Crippen LogP contribution in [-0.4, -0.2) is 32.8 Å². The van der Waals surface area contributed by atoms with Crippen molar-refractivity contribution in [1.29, 1.82) is 0 Å². The maximum absolute atomic E-state index is 11.8. The summed E-state index contributed by atoms with van der Waals surface area (Å²) in [6, 6.07) is 43.9. The van der Waals surface area contributed by atoms with E-state index in [1.54, 1.807) is 24.3 Å². The van der Waals surface area contributed by atoms with Crippen molar-refractivity contribution >= 4 is 67.1 Å². The maximum Gasteiger partial charge on any atom is 1.00 e. The van der Waals surface area contributed by atoms with E-state index in [9.17, 15) is 10.2 Å². The number of rotatable bonds is 8. The Morgan fingerprint density at radius 3 is 0.692 bits per heavy atom. The van der Waals surface area contributed by atoms with E-state index in [1.165, 1.54) is 66.8 Å². The van der Waals surface area contributed by atoms with Gasteiger partial charge in [-0.2, -0.15) is 0 Å². The van der Waals surface area contributed by atoms with Gasteiger partial charge in [-0.25, -0.2) is 9.97 Å². The van der Waals surface area contributed by atoms with Gasteiger partial charge in [0.25, 0.3) is 0 Å². The zero-order chi connectivity index (χ0) is 55.1. The van der Waals surface area contributed by atoms with Crippen LogP contribution in [0.5, 0.6) is 11.5 Å². The van der Waals surface area contributed by atoms with E-state index in [-0.39, 0.29) is 33.6 Å². The van der Waals surface area contributed by atoms with Crippen LogP contribution in [0.4, 0.5) is 22.7 Å². The zero-order valence-electron chi connectivity index (χ0n) is 47.9. The SMILES string of the molecule is CC(=Nc1c(C)cc(C)cc1C)c1cccc(C(C)=Nc2c(C)cc(C)cc2C)n1.CC(=Nc1c(C)cc(C)cc1C)c1cccc(C(C)=Nc2c(C)cc(C)cc2C)n1.[Co+].[Co+].[O-]c1c([O-])c2ccccc2c2ccccc12. The van der Waals surface area contributed by atoms with Gasteiger partial charge in [0.05, 0.1) is 68.4 Å². The van der Waals surface area contributed by atoms with Gasteiger partial charge in [-0.15, -0.1) is 11.5 Å². The second kappa shape index (κ2) is 26.8. The number of fused-ring (bicyclic) bond motifs is 3. The first-order valence-electron chi connectivity index (χ1n) is 25.9. The summed E-state index contributed by atoms with van der Waals surface area (Å²) in [5, 5.41) is 26.4. The van der Waals surface area contributed by atoms with Gasteiger partial charge in [0.15, 0.2) is 0 Å². The third kappa shape index (κ3) is 14.6. The first-order valence-corrected chi connectivity index (χ1v) is 25.9. The van der Waals surface area contributed by atoms with Crippen molar-refractivity contribution in [2.24, 2.45) is 20.0 Å². The molecule has 78 heavy (non-hydrogen) atoms. The van der Waals surface area contributed by atoms with Gasteiger partial charge >= 0.3 is 33.6 Å². The molecule has 0 aliphatic rings. The van der Waals surface area contributed by atoms with Gasteiger partial charge in [0.2, 0.25) is 0 Å². The Morgan fingerprint density at radius 1 is 0.295 bits per heavy atom. The Morgan fingerprint density at radius 2 is 0.487 bits per heavy atom. The number of hydrogen-bond donors (Lipinski definition) is 0. The molecule has 8 nitrogen and oxygen atoms in total. The predicted octanol–water partition coefficient (Wildman–Crippen LogP) is 16.6. The minimum Gasteiger partial charge on any atom is -0.872 e. The molecule has 0 radical (unpaired) electrons. The minimum atomic E-state index is -0.408. The van der Waals surface area contributed by atoms with Crippen molar-refractivity contribution in [1.82, 2.24) is 9.97 Å². The van der Waals surface area contributed by atoms with Crippen LogP contribution >= 0.6 is 0 Å². The Hall–Kier alpha value is -7.35. The molecule has 0 amide bonds. The summed E-state index contributed by atoms with van der Waals surface area (Å²) in [5.74, 6) is -0.816. The smallest absolute Gasteiger partial charge is 0.872 e. The van der Waals surface area contributed by atoms with Gasteiger partial charge in [-0.05, 0) is 201 Å². The van der Waals surface area contributed by atoms with E-state index in [0.29, 0.717) is 10.8 Å². The van der Waals surface area contributed by atoms with Crippen molar-refractivity contribution in [2.75, 3.05) is 0 Å². The average molecular weight is 1120 g/mol. The minimum absolute atomic E-state index is 0. The van der Waals surface area contributed by atoms with Gasteiger partial charge in [-0.3, -0.25) is 20.0 Å². The molecule has 7 aromatic carbocycles. The number of aryl methyl sites for hydroxylation is 12. The summed E-state index contributed by atoms with van der Waals surface area (Å²) in [4.78, 5) is 29.3. The van der Waals surface area contributed by atoms with Crippen LogP contribution in [0.25, 0.3) is 21.5 Å². The molecule has 0 bridgehead atoms. The Kier molecular flexibility index (Phi) is 21.1. The molecule has 0 unspecified atom stereocenters. The van der Waals surface area contributed by atoms with E-state index in [4.69, 9.17) is 29.9 Å². The van der Waals surface area contributed by atoms with Crippen LogP contribution < -0.4 is 10.2 Å². The fraction of sp³-hybridized carbons (Fsp3) is 0.235. The molecule has 0 aliphatic carbocycles. The Labute approximate surface area is 483 Å². The average Bonchev–Trinajstić information content (AvgIpc) is 3.41. The molecule has 2 heterocycles. The van der Waals surface area contributed by atoms with Gasteiger partial charge in [-0.1, -0.05) is 131 Å². The standard InChI is InChI=1S/2C27H31N3.C14H10O2.2Co/c2*1-16-12-18(3)26(19(4)13-16)28-22(7)24-10-9-11-25(30-24)23(8)29-27-20(5)14-17(2)15-21(27)6;15-13-11-7-3-1-5-9(11)10-6-2-4-8-12(10)14(13)16;;/h2*9-15H,1-8H3;1-8,15-16H;;/q;;;2*+1/p-2. The molecule has 2 aromatic heterocycles. The van der Waals surface area contributed by atoms with Crippen LogP contribution in [0, 0.1) is 83.1 Å². The third-order valence-electron chi connectivity index (χ3n) is 13.5. The summed E-state index contributed by atoms with van der Waals surface area (Å²) >= 11 is 0. The number of hydrogen-bond acceptors (Lipinski definition) is 8. The maximum atomic E-state index is 11.8. The summed E-state index contributed by atoms with van der Waals surface area (Å²) in [5.41, 5.74) is 25.8. The van der Waals surface area contributed by atoms with Gasteiger partial charge < -0.3 is 10.2 Å². The Bertz CT molecular complexity index is 3300. The van der Waals surface area contributed by atoms with Crippen molar-refractivity contribution in [3.63, 3.8) is 0 Å². The van der Waals surface area contributed by atoms with Crippen LogP contribution in [0.15, 0.2) is 153 Å². The molecule has 402 valence electrons. The first kappa shape index (κ1) is 61.5. The van der Waals surface area contributed by atoms with Crippen molar-refractivity contribution in [3.8, 4) is 11.5 Å².